The van der Waals surface area contributed by atoms with E-state index in [4.69, 9.17) is 4.43 Å². The molecule has 0 spiro atoms. The summed E-state index contributed by atoms with van der Waals surface area (Å²) in [7, 11) is -1.84. The first-order valence-electron chi connectivity index (χ1n) is 11.2. The van der Waals surface area contributed by atoms with Gasteiger partial charge in [0.2, 0.25) is 0 Å². The van der Waals surface area contributed by atoms with Crippen LogP contribution in [-0.4, -0.2) is 14.4 Å². The Bertz CT molecular complexity index is 623. The van der Waals surface area contributed by atoms with Gasteiger partial charge in [-0.2, -0.15) is 0 Å². The lowest BCUT2D eigenvalue weighted by Gasteiger charge is -2.40. The van der Waals surface area contributed by atoms with E-state index in [9.17, 15) is 0 Å². The first-order chi connectivity index (χ1) is 12.8. The van der Waals surface area contributed by atoms with Gasteiger partial charge in [0.25, 0.3) is 0 Å². The van der Waals surface area contributed by atoms with Crippen molar-refractivity contribution in [3.63, 3.8) is 0 Å². The molecule has 0 saturated carbocycles. The number of allylic oxidation sites excluding steroid dienone is 6. The van der Waals surface area contributed by atoms with E-state index < -0.39 is 8.32 Å². The van der Waals surface area contributed by atoms with Crippen LogP contribution in [0.25, 0.3) is 0 Å². The van der Waals surface area contributed by atoms with E-state index in [1.54, 1.807) is 0 Å². The van der Waals surface area contributed by atoms with E-state index in [0.717, 1.165) is 25.7 Å². The van der Waals surface area contributed by atoms with Crippen LogP contribution in [0.4, 0.5) is 0 Å². The van der Waals surface area contributed by atoms with Crippen LogP contribution in [0.2, 0.25) is 18.1 Å². The largest absolute Gasteiger partial charge is 0.410 e. The molecule has 160 valence electrons. The third-order valence-corrected chi connectivity index (χ3v) is 10.9. The highest BCUT2D eigenvalue weighted by Gasteiger charge is 2.40. The van der Waals surface area contributed by atoms with Gasteiger partial charge in [0.15, 0.2) is 8.32 Å². The van der Waals surface area contributed by atoms with Crippen LogP contribution in [0.3, 0.4) is 0 Å². The summed E-state index contributed by atoms with van der Waals surface area (Å²) in [6, 6.07) is 0. The molecule has 0 fully saturated rings. The fourth-order valence-electron chi connectivity index (χ4n) is 3.32. The molecule has 1 nitrogen and oxygen atoms in total. The summed E-state index contributed by atoms with van der Waals surface area (Å²) in [5, 5.41) is 0.222. The highest BCUT2D eigenvalue weighted by Crippen LogP contribution is 2.39. The fraction of sp³-hybridized carbons (Fsp3) is 0.692. The van der Waals surface area contributed by atoms with Crippen molar-refractivity contribution in [3.8, 4) is 0 Å². The lowest BCUT2D eigenvalue weighted by molar-refractivity contribution is 0.203. The molecule has 2 heteroatoms. The van der Waals surface area contributed by atoms with E-state index >= 15 is 0 Å². The summed E-state index contributed by atoms with van der Waals surface area (Å²) in [5.41, 5.74) is 5.88. The maximum atomic E-state index is 6.99. The standard InChI is InChI=1S/C26H46OSi/c1-20(2)24-18-17-22(4)15-11-13-21(3)14-12-16-23(5)19-25(24)27-28(9,10)26(6,7)8/h13,16-18,20,25H,11-12,14-15,19H2,1-10H3/b21-13+,22-17?,23-16+,24-18+. The molecule has 0 N–H and O–H groups in total. The summed E-state index contributed by atoms with van der Waals surface area (Å²) < 4.78 is 6.99. The van der Waals surface area contributed by atoms with E-state index in [0.29, 0.717) is 5.92 Å². The SMILES string of the molecule is CC1=C/C=C(\C(C)C)C(O[Si](C)(C)C(C)(C)C)C/C(C)=C/CC/C(C)=C/CC1. The van der Waals surface area contributed by atoms with E-state index in [-0.39, 0.29) is 11.1 Å². The summed E-state index contributed by atoms with van der Waals surface area (Å²) >= 11 is 0. The van der Waals surface area contributed by atoms with Crippen molar-refractivity contribution in [2.75, 3.05) is 0 Å². The van der Waals surface area contributed by atoms with E-state index in [1.165, 1.54) is 28.7 Å². The number of hydrogen-bond donors (Lipinski definition) is 0. The minimum Gasteiger partial charge on any atom is -0.410 e. The highest BCUT2D eigenvalue weighted by molar-refractivity contribution is 6.74. The molecule has 0 radical (unpaired) electrons. The molecule has 1 aliphatic carbocycles. The maximum Gasteiger partial charge on any atom is 0.192 e. The zero-order chi connectivity index (χ0) is 21.5. The van der Waals surface area contributed by atoms with Gasteiger partial charge in [0, 0.05) is 0 Å². The van der Waals surface area contributed by atoms with E-state index in [2.05, 4.69) is 92.8 Å². The van der Waals surface area contributed by atoms with Gasteiger partial charge < -0.3 is 4.43 Å². The smallest absolute Gasteiger partial charge is 0.192 e. The molecule has 0 bridgehead atoms. The fourth-order valence-corrected chi connectivity index (χ4v) is 4.61. The summed E-state index contributed by atoms with van der Waals surface area (Å²) in [6.07, 6.45) is 15.3. The molecule has 1 rings (SSSR count). The topological polar surface area (TPSA) is 9.23 Å². The van der Waals surface area contributed by atoms with Crippen molar-refractivity contribution in [1.29, 1.82) is 0 Å². The Kier molecular flexibility index (Phi) is 9.69. The first-order valence-corrected chi connectivity index (χ1v) is 14.1. The van der Waals surface area contributed by atoms with Crippen LogP contribution in [-0.2, 0) is 4.43 Å². The Morgan fingerprint density at radius 2 is 1.43 bits per heavy atom. The normalized spacial score (nSPS) is 27.0. The lowest BCUT2D eigenvalue weighted by Crippen LogP contribution is -2.44. The van der Waals surface area contributed by atoms with Crippen molar-refractivity contribution < 1.29 is 4.43 Å². The average molecular weight is 403 g/mol. The van der Waals surface area contributed by atoms with Gasteiger partial charge >= 0.3 is 0 Å². The zero-order valence-corrected chi connectivity index (χ0v) is 21.4. The minimum absolute atomic E-state index is 0.181. The Labute approximate surface area is 177 Å². The Balaban J connectivity index is 3.32. The van der Waals surface area contributed by atoms with E-state index in [1.807, 2.05) is 0 Å². The molecule has 1 atom stereocenters. The minimum atomic E-state index is -1.84. The molecule has 1 aliphatic rings. The van der Waals surface area contributed by atoms with Crippen molar-refractivity contribution in [2.24, 2.45) is 5.92 Å². The third kappa shape index (κ3) is 8.25. The van der Waals surface area contributed by atoms with Crippen LogP contribution in [0.1, 0.15) is 87.5 Å². The lowest BCUT2D eigenvalue weighted by atomic mass is 9.92. The van der Waals surface area contributed by atoms with Gasteiger partial charge in [-0.1, -0.05) is 75.6 Å². The Morgan fingerprint density at radius 3 is 1.96 bits per heavy atom. The highest BCUT2D eigenvalue weighted by atomic mass is 28.4. The second kappa shape index (κ2) is 10.8. The second-order valence-corrected chi connectivity index (χ2v) is 15.3. The summed E-state index contributed by atoms with van der Waals surface area (Å²) in [6.45, 7) is 23.2. The predicted octanol–water partition coefficient (Wildman–Crippen LogP) is 8.76. The molecule has 28 heavy (non-hydrogen) atoms. The molecule has 0 amide bonds. The van der Waals surface area contributed by atoms with Crippen molar-refractivity contribution in [1.82, 2.24) is 0 Å². The van der Waals surface area contributed by atoms with Gasteiger partial charge in [-0.05, 0) is 82.5 Å². The van der Waals surface area contributed by atoms with Crippen molar-refractivity contribution in [3.05, 3.63) is 46.6 Å². The summed E-state index contributed by atoms with van der Waals surface area (Å²) in [5.74, 6) is 0.488. The number of hydrogen-bond acceptors (Lipinski definition) is 1. The maximum absolute atomic E-state index is 6.99. The first kappa shape index (κ1) is 25.2. The van der Waals surface area contributed by atoms with Gasteiger partial charge in [-0.3, -0.25) is 0 Å². The van der Waals surface area contributed by atoms with Gasteiger partial charge in [-0.15, -0.1) is 0 Å². The predicted molar refractivity (Wildman–Crippen MR) is 129 cm³/mol. The van der Waals surface area contributed by atoms with Crippen LogP contribution in [0, 0.1) is 5.92 Å². The molecule has 0 aromatic carbocycles. The molecule has 0 aromatic rings. The monoisotopic (exact) mass is 402 g/mol. The van der Waals surface area contributed by atoms with Crippen LogP contribution in [0.15, 0.2) is 46.6 Å². The zero-order valence-electron chi connectivity index (χ0n) is 20.4. The molecule has 0 aromatic heterocycles. The van der Waals surface area contributed by atoms with Gasteiger partial charge in [0.1, 0.15) is 0 Å². The van der Waals surface area contributed by atoms with Crippen LogP contribution < -0.4 is 0 Å². The Morgan fingerprint density at radius 1 is 0.893 bits per heavy atom. The molecule has 0 saturated heterocycles. The molecule has 0 aliphatic heterocycles. The quantitative estimate of drug-likeness (QED) is 0.338. The van der Waals surface area contributed by atoms with Gasteiger partial charge in [0.05, 0.1) is 6.10 Å². The van der Waals surface area contributed by atoms with Crippen LogP contribution in [0.5, 0.6) is 0 Å². The molecule has 0 heterocycles. The average Bonchev–Trinajstić information content (AvgIpc) is 2.52. The second-order valence-electron chi connectivity index (χ2n) is 10.6. The molecular weight excluding hydrogens is 356 g/mol. The molecular formula is C26H46OSi. The number of rotatable bonds is 3. The van der Waals surface area contributed by atoms with Crippen molar-refractivity contribution in [2.45, 2.75) is 112 Å². The molecule has 1 unspecified atom stereocenters. The van der Waals surface area contributed by atoms with Crippen LogP contribution >= 0.6 is 0 Å². The van der Waals surface area contributed by atoms with Gasteiger partial charge in [-0.25, -0.2) is 0 Å². The third-order valence-electron chi connectivity index (χ3n) is 6.41. The Hall–Kier alpha value is -0.863. The van der Waals surface area contributed by atoms with Crippen molar-refractivity contribution >= 4 is 8.32 Å². The summed E-state index contributed by atoms with van der Waals surface area (Å²) in [4.78, 5) is 0.